The quantitative estimate of drug-likeness (QED) is 0.762. The minimum Gasteiger partial charge on any atom is -0.374 e. The number of halogens is 3. The lowest BCUT2D eigenvalue weighted by molar-refractivity contribution is 0.0199. The van der Waals surface area contributed by atoms with Crippen molar-refractivity contribution in [3.8, 4) is 0 Å². The first-order valence-corrected chi connectivity index (χ1v) is 7.72. The number of rotatable bonds is 7. The van der Waals surface area contributed by atoms with Crippen LogP contribution in [0.25, 0.3) is 0 Å². The van der Waals surface area contributed by atoms with E-state index >= 15 is 0 Å². The lowest BCUT2D eigenvalue weighted by atomic mass is 10.2. The van der Waals surface area contributed by atoms with Crippen LogP contribution < -0.4 is 4.72 Å². The fraction of sp³-hybridized carbons (Fsp3) is 0.455. The lowest BCUT2D eigenvalue weighted by Crippen LogP contribution is -2.28. The van der Waals surface area contributed by atoms with Crippen LogP contribution in [-0.2, 0) is 14.8 Å². The molecule has 1 rings (SSSR count). The van der Waals surface area contributed by atoms with E-state index in [1.165, 1.54) is 6.07 Å². The third-order valence-electron chi connectivity index (χ3n) is 2.16. The Bertz CT molecular complexity index is 523. The highest BCUT2D eigenvalue weighted by Crippen LogP contribution is 2.22. The van der Waals surface area contributed by atoms with Crippen molar-refractivity contribution in [2.75, 3.05) is 19.8 Å². The zero-order chi connectivity index (χ0) is 14.5. The van der Waals surface area contributed by atoms with Gasteiger partial charge in [0.2, 0.25) is 10.0 Å². The minimum absolute atomic E-state index is 0.0601. The first-order valence-electron chi connectivity index (χ1n) is 5.44. The third-order valence-corrected chi connectivity index (χ3v) is 4.60. The van der Waals surface area contributed by atoms with Crippen molar-refractivity contribution in [2.45, 2.75) is 18.2 Å². The molecule has 0 unspecified atom stereocenters. The van der Waals surface area contributed by atoms with E-state index in [9.17, 15) is 17.2 Å². The Morgan fingerprint density at radius 2 is 2.11 bits per heavy atom. The van der Waals surface area contributed by atoms with Gasteiger partial charge < -0.3 is 4.74 Å². The van der Waals surface area contributed by atoms with Crippen LogP contribution in [-0.4, -0.2) is 34.6 Å². The minimum atomic E-state index is -3.67. The maximum atomic E-state index is 11.9. The predicted molar refractivity (Wildman–Crippen MR) is 70.9 cm³/mol. The molecule has 0 aliphatic rings. The van der Waals surface area contributed by atoms with Gasteiger partial charge in [-0.05, 0) is 40.5 Å². The summed E-state index contributed by atoms with van der Waals surface area (Å²) in [5.74, 6) is 0. The van der Waals surface area contributed by atoms with E-state index in [1.54, 1.807) is 12.1 Å². The summed E-state index contributed by atoms with van der Waals surface area (Å²) < 4.78 is 54.7. The molecular weight excluding hydrogens is 344 g/mol. The van der Waals surface area contributed by atoms with Gasteiger partial charge in [-0.3, -0.25) is 0 Å². The Morgan fingerprint density at radius 1 is 1.42 bits per heavy atom. The van der Waals surface area contributed by atoms with Crippen molar-refractivity contribution in [1.82, 2.24) is 4.72 Å². The van der Waals surface area contributed by atoms with E-state index in [0.29, 0.717) is 4.47 Å². The number of sulfonamides is 1. The topological polar surface area (TPSA) is 55.4 Å². The predicted octanol–water partition coefficient (Wildman–Crippen LogP) is 2.32. The highest BCUT2D eigenvalue weighted by molar-refractivity contribution is 9.10. The molecule has 0 amide bonds. The first-order chi connectivity index (χ1) is 8.83. The summed E-state index contributed by atoms with van der Waals surface area (Å²) in [6.07, 6.45) is -2.55. The first kappa shape index (κ1) is 16.5. The summed E-state index contributed by atoms with van der Waals surface area (Å²) >= 11 is 3.18. The van der Waals surface area contributed by atoms with E-state index in [2.05, 4.69) is 25.4 Å². The van der Waals surface area contributed by atoms with Gasteiger partial charge in [0.1, 0.15) is 6.61 Å². The summed E-state index contributed by atoms with van der Waals surface area (Å²) in [5.41, 5.74) is 0.922. The van der Waals surface area contributed by atoms with Crippen LogP contribution in [0.15, 0.2) is 27.6 Å². The number of ether oxygens (including phenoxy) is 1. The van der Waals surface area contributed by atoms with Crippen LogP contribution in [0.3, 0.4) is 0 Å². The monoisotopic (exact) mass is 357 g/mol. The standard InChI is InChI=1S/C11H14BrF2NO3S/c1-8-2-3-10(9(12)6-8)19(16,17)15-4-5-18-7-11(13)14/h2-3,6,11,15H,4-5,7H2,1H3. The third kappa shape index (κ3) is 5.52. The summed E-state index contributed by atoms with van der Waals surface area (Å²) in [5, 5.41) is 0. The van der Waals surface area contributed by atoms with Crippen molar-refractivity contribution < 1.29 is 21.9 Å². The van der Waals surface area contributed by atoms with Gasteiger partial charge >= 0.3 is 0 Å². The Balaban J connectivity index is 2.56. The van der Waals surface area contributed by atoms with Crippen LogP contribution in [0.4, 0.5) is 8.78 Å². The number of benzene rings is 1. The Kier molecular flexibility index (Phi) is 6.31. The highest BCUT2D eigenvalue weighted by Gasteiger charge is 2.16. The average Bonchev–Trinajstić information content (AvgIpc) is 2.27. The van der Waals surface area contributed by atoms with Crippen molar-refractivity contribution >= 4 is 26.0 Å². The van der Waals surface area contributed by atoms with Gasteiger partial charge in [-0.25, -0.2) is 21.9 Å². The molecule has 108 valence electrons. The summed E-state index contributed by atoms with van der Waals surface area (Å²) in [7, 11) is -3.67. The maximum absolute atomic E-state index is 11.9. The average molecular weight is 358 g/mol. The Labute approximate surface area is 119 Å². The second-order valence-corrected chi connectivity index (χ2v) is 6.39. The second kappa shape index (κ2) is 7.28. The second-order valence-electron chi connectivity index (χ2n) is 3.80. The van der Waals surface area contributed by atoms with E-state index in [0.717, 1.165) is 5.56 Å². The molecule has 1 aromatic carbocycles. The van der Waals surface area contributed by atoms with Crippen LogP contribution in [0.5, 0.6) is 0 Å². The molecule has 0 aromatic heterocycles. The summed E-state index contributed by atoms with van der Waals surface area (Å²) in [6.45, 7) is 0.977. The molecule has 0 saturated heterocycles. The molecule has 0 aliphatic heterocycles. The van der Waals surface area contributed by atoms with Crippen molar-refractivity contribution in [1.29, 1.82) is 0 Å². The number of aryl methyl sites for hydroxylation is 1. The zero-order valence-corrected chi connectivity index (χ0v) is 12.6. The smallest absolute Gasteiger partial charge is 0.261 e. The molecule has 19 heavy (non-hydrogen) atoms. The fourth-order valence-electron chi connectivity index (χ4n) is 1.32. The van der Waals surface area contributed by atoms with Gasteiger partial charge in [-0.2, -0.15) is 0 Å². The van der Waals surface area contributed by atoms with Crippen molar-refractivity contribution in [2.24, 2.45) is 0 Å². The van der Waals surface area contributed by atoms with Crippen LogP contribution in [0.2, 0.25) is 0 Å². The van der Waals surface area contributed by atoms with E-state index in [1.807, 2.05) is 6.92 Å². The van der Waals surface area contributed by atoms with Gasteiger partial charge in [0, 0.05) is 11.0 Å². The van der Waals surface area contributed by atoms with E-state index in [4.69, 9.17) is 0 Å². The summed E-state index contributed by atoms with van der Waals surface area (Å²) in [4.78, 5) is 0.104. The molecule has 4 nitrogen and oxygen atoms in total. The molecule has 8 heteroatoms. The van der Waals surface area contributed by atoms with Gasteiger partial charge in [-0.1, -0.05) is 6.07 Å². The van der Waals surface area contributed by atoms with Crippen molar-refractivity contribution in [3.05, 3.63) is 28.2 Å². The number of nitrogens with one attached hydrogen (secondary N) is 1. The van der Waals surface area contributed by atoms with Gasteiger partial charge in [-0.15, -0.1) is 0 Å². The number of alkyl halides is 2. The molecule has 1 N–H and O–H groups in total. The Hall–Kier alpha value is -0.570. The fourth-order valence-corrected chi connectivity index (χ4v) is 3.53. The van der Waals surface area contributed by atoms with Crippen LogP contribution in [0.1, 0.15) is 5.56 Å². The van der Waals surface area contributed by atoms with Crippen LogP contribution >= 0.6 is 15.9 Å². The SMILES string of the molecule is Cc1ccc(S(=O)(=O)NCCOCC(F)F)c(Br)c1. The molecule has 0 heterocycles. The number of hydrogen-bond donors (Lipinski definition) is 1. The molecule has 0 radical (unpaired) electrons. The van der Waals surface area contributed by atoms with E-state index < -0.39 is 23.1 Å². The van der Waals surface area contributed by atoms with Crippen LogP contribution in [0, 0.1) is 6.92 Å². The maximum Gasteiger partial charge on any atom is 0.261 e. The highest BCUT2D eigenvalue weighted by atomic mass is 79.9. The molecule has 0 aliphatic carbocycles. The number of hydrogen-bond acceptors (Lipinski definition) is 3. The lowest BCUT2D eigenvalue weighted by Gasteiger charge is -2.09. The normalized spacial score (nSPS) is 12.1. The van der Waals surface area contributed by atoms with Gasteiger partial charge in [0.05, 0.1) is 11.5 Å². The van der Waals surface area contributed by atoms with Gasteiger partial charge in [0.25, 0.3) is 6.43 Å². The molecule has 0 saturated carbocycles. The Morgan fingerprint density at radius 3 is 2.68 bits per heavy atom. The molecule has 1 aromatic rings. The largest absolute Gasteiger partial charge is 0.374 e. The van der Waals surface area contributed by atoms with Gasteiger partial charge in [0.15, 0.2) is 0 Å². The summed E-state index contributed by atoms with van der Waals surface area (Å²) in [6, 6.07) is 4.83. The van der Waals surface area contributed by atoms with Crippen molar-refractivity contribution in [3.63, 3.8) is 0 Å². The molecule has 0 bridgehead atoms. The molecule has 0 fully saturated rings. The molecular formula is C11H14BrF2NO3S. The molecule has 0 atom stereocenters. The zero-order valence-electron chi connectivity index (χ0n) is 10.2. The molecule has 0 spiro atoms. The van der Waals surface area contributed by atoms with E-state index in [-0.39, 0.29) is 18.0 Å².